The second kappa shape index (κ2) is 10.5. The Bertz CT molecular complexity index is 748. The van der Waals surface area contributed by atoms with Crippen LogP contribution >= 0.6 is 11.8 Å². The molecule has 0 saturated carbocycles. The summed E-state index contributed by atoms with van der Waals surface area (Å²) in [5.74, 6) is 1.25. The topological polar surface area (TPSA) is 75.6 Å². The number of anilines is 1. The summed E-state index contributed by atoms with van der Waals surface area (Å²) in [5.41, 5.74) is 2.82. The standard InChI is InChI=1S/C20H23NO4S/c1-25-18-8-3-2-6-16(18)9-10-19(22)21-17-7-4-5-15(13-17)14-26-12-11-20(23)24/h2-8,13H,9-12,14H2,1H3,(H,21,22)(H,23,24). The highest BCUT2D eigenvalue weighted by atomic mass is 32.2. The fourth-order valence-corrected chi connectivity index (χ4v) is 3.35. The first-order valence-electron chi connectivity index (χ1n) is 8.38. The molecule has 2 aromatic rings. The molecule has 2 aromatic carbocycles. The Labute approximate surface area is 157 Å². The lowest BCUT2D eigenvalue weighted by Gasteiger charge is -2.09. The van der Waals surface area contributed by atoms with Crippen LogP contribution in [0.15, 0.2) is 48.5 Å². The first-order valence-corrected chi connectivity index (χ1v) is 9.54. The summed E-state index contributed by atoms with van der Waals surface area (Å²) in [6, 6.07) is 15.3. The predicted molar refractivity (Wildman–Crippen MR) is 105 cm³/mol. The second-order valence-electron chi connectivity index (χ2n) is 5.76. The summed E-state index contributed by atoms with van der Waals surface area (Å²) < 4.78 is 5.30. The zero-order chi connectivity index (χ0) is 18.8. The molecule has 6 heteroatoms. The van der Waals surface area contributed by atoms with E-state index in [4.69, 9.17) is 9.84 Å². The van der Waals surface area contributed by atoms with Crippen molar-refractivity contribution in [2.75, 3.05) is 18.2 Å². The van der Waals surface area contributed by atoms with Crippen molar-refractivity contribution in [1.29, 1.82) is 0 Å². The number of carbonyl (C=O) groups is 2. The van der Waals surface area contributed by atoms with E-state index in [1.165, 1.54) is 0 Å². The maximum absolute atomic E-state index is 12.2. The Balaban J connectivity index is 1.83. The Hall–Kier alpha value is -2.47. The van der Waals surface area contributed by atoms with Crippen molar-refractivity contribution in [2.45, 2.75) is 25.0 Å². The van der Waals surface area contributed by atoms with E-state index in [-0.39, 0.29) is 12.3 Å². The van der Waals surface area contributed by atoms with E-state index in [1.807, 2.05) is 48.5 Å². The summed E-state index contributed by atoms with van der Waals surface area (Å²) in [6.45, 7) is 0. The Morgan fingerprint density at radius 2 is 1.92 bits per heavy atom. The van der Waals surface area contributed by atoms with Crippen molar-refractivity contribution in [1.82, 2.24) is 0 Å². The van der Waals surface area contributed by atoms with Gasteiger partial charge in [0.2, 0.25) is 5.91 Å². The quantitative estimate of drug-likeness (QED) is 0.616. The summed E-state index contributed by atoms with van der Waals surface area (Å²) >= 11 is 1.57. The number of amides is 1. The molecule has 0 radical (unpaired) electrons. The average molecular weight is 373 g/mol. The SMILES string of the molecule is COc1ccccc1CCC(=O)Nc1cccc(CSCCC(=O)O)c1. The zero-order valence-corrected chi connectivity index (χ0v) is 15.6. The van der Waals surface area contributed by atoms with E-state index in [1.54, 1.807) is 18.9 Å². The van der Waals surface area contributed by atoms with Crippen LogP contribution in [-0.4, -0.2) is 29.8 Å². The molecule has 0 atom stereocenters. The number of benzene rings is 2. The molecular weight excluding hydrogens is 350 g/mol. The van der Waals surface area contributed by atoms with Gasteiger partial charge in [-0.15, -0.1) is 0 Å². The van der Waals surface area contributed by atoms with Crippen molar-refractivity contribution in [3.63, 3.8) is 0 Å². The third-order valence-electron chi connectivity index (χ3n) is 3.75. The van der Waals surface area contributed by atoms with Gasteiger partial charge in [-0.25, -0.2) is 0 Å². The number of nitrogens with one attached hydrogen (secondary N) is 1. The van der Waals surface area contributed by atoms with Gasteiger partial charge < -0.3 is 15.2 Å². The van der Waals surface area contributed by atoms with Gasteiger partial charge in [0.05, 0.1) is 13.5 Å². The van der Waals surface area contributed by atoms with Crippen LogP contribution in [0.3, 0.4) is 0 Å². The lowest BCUT2D eigenvalue weighted by molar-refractivity contribution is -0.136. The summed E-state index contributed by atoms with van der Waals surface area (Å²) in [6.07, 6.45) is 1.14. The lowest BCUT2D eigenvalue weighted by Crippen LogP contribution is -2.12. The maximum Gasteiger partial charge on any atom is 0.304 e. The van der Waals surface area contributed by atoms with E-state index < -0.39 is 5.97 Å². The van der Waals surface area contributed by atoms with Crippen molar-refractivity contribution in [3.8, 4) is 5.75 Å². The minimum atomic E-state index is -0.784. The van der Waals surface area contributed by atoms with Crippen LogP contribution in [0.5, 0.6) is 5.75 Å². The van der Waals surface area contributed by atoms with Crippen LogP contribution in [0, 0.1) is 0 Å². The normalized spacial score (nSPS) is 10.3. The summed E-state index contributed by atoms with van der Waals surface area (Å²) in [7, 11) is 1.62. The van der Waals surface area contributed by atoms with Gasteiger partial charge in [0.1, 0.15) is 5.75 Å². The highest BCUT2D eigenvalue weighted by Crippen LogP contribution is 2.20. The number of carboxylic acids is 1. The van der Waals surface area contributed by atoms with Gasteiger partial charge in [0, 0.05) is 23.6 Å². The minimum Gasteiger partial charge on any atom is -0.496 e. The van der Waals surface area contributed by atoms with Crippen LogP contribution in [0.25, 0.3) is 0 Å². The molecule has 0 saturated heterocycles. The highest BCUT2D eigenvalue weighted by Gasteiger charge is 2.07. The van der Waals surface area contributed by atoms with Crippen LogP contribution in [-0.2, 0) is 21.8 Å². The molecule has 138 valence electrons. The fourth-order valence-electron chi connectivity index (χ4n) is 2.47. The number of hydrogen-bond donors (Lipinski definition) is 2. The number of methoxy groups -OCH3 is 1. The van der Waals surface area contributed by atoms with E-state index >= 15 is 0 Å². The molecule has 26 heavy (non-hydrogen) atoms. The van der Waals surface area contributed by atoms with Crippen molar-refractivity contribution in [3.05, 3.63) is 59.7 Å². The average Bonchev–Trinajstić information content (AvgIpc) is 2.64. The number of hydrogen-bond acceptors (Lipinski definition) is 4. The van der Waals surface area contributed by atoms with Gasteiger partial charge in [0.25, 0.3) is 0 Å². The third kappa shape index (κ3) is 6.80. The highest BCUT2D eigenvalue weighted by molar-refractivity contribution is 7.98. The Morgan fingerprint density at radius 3 is 2.69 bits per heavy atom. The van der Waals surface area contributed by atoms with E-state index in [0.717, 1.165) is 28.3 Å². The van der Waals surface area contributed by atoms with Gasteiger partial charge >= 0.3 is 5.97 Å². The van der Waals surface area contributed by atoms with Crippen LogP contribution < -0.4 is 10.1 Å². The van der Waals surface area contributed by atoms with Gasteiger partial charge in [0.15, 0.2) is 0 Å². The van der Waals surface area contributed by atoms with Gasteiger partial charge in [-0.05, 0) is 35.7 Å². The molecule has 1 amide bonds. The van der Waals surface area contributed by atoms with Gasteiger partial charge in [-0.2, -0.15) is 11.8 Å². The van der Waals surface area contributed by atoms with Crippen molar-refractivity contribution < 1.29 is 19.4 Å². The zero-order valence-electron chi connectivity index (χ0n) is 14.7. The fraction of sp³-hybridized carbons (Fsp3) is 0.300. The third-order valence-corrected chi connectivity index (χ3v) is 4.78. The largest absolute Gasteiger partial charge is 0.496 e. The van der Waals surface area contributed by atoms with Gasteiger partial charge in [-0.1, -0.05) is 30.3 Å². The molecule has 0 aliphatic carbocycles. The molecule has 0 bridgehead atoms. The molecule has 0 fully saturated rings. The second-order valence-corrected chi connectivity index (χ2v) is 6.86. The summed E-state index contributed by atoms with van der Waals surface area (Å²) in [5, 5.41) is 11.6. The lowest BCUT2D eigenvalue weighted by atomic mass is 10.1. The van der Waals surface area contributed by atoms with E-state index in [0.29, 0.717) is 18.6 Å². The number of aryl methyl sites for hydroxylation is 1. The van der Waals surface area contributed by atoms with Crippen LogP contribution in [0.2, 0.25) is 0 Å². The first-order chi connectivity index (χ1) is 12.6. The van der Waals surface area contributed by atoms with Gasteiger partial charge in [-0.3, -0.25) is 9.59 Å². The maximum atomic E-state index is 12.2. The monoisotopic (exact) mass is 373 g/mol. The number of aliphatic carboxylic acids is 1. The summed E-state index contributed by atoms with van der Waals surface area (Å²) in [4.78, 5) is 22.7. The van der Waals surface area contributed by atoms with Crippen LogP contribution in [0.4, 0.5) is 5.69 Å². The molecule has 0 aliphatic rings. The number of para-hydroxylation sites is 1. The molecule has 2 rings (SSSR count). The Kier molecular flexibility index (Phi) is 8.02. The molecule has 5 nitrogen and oxygen atoms in total. The molecule has 0 unspecified atom stereocenters. The molecule has 2 N–H and O–H groups in total. The van der Waals surface area contributed by atoms with E-state index in [2.05, 4.69) is 5.32 Å². The Morgan fingerprint density at radius 1 is 1.12 bits per heavy atom. The first kappa shape index (κ1) is 19.8. The molecule has 0 heterocycles. The number of ether oxygens (including phenoxy) is 1. The number of carbonyl (C=O) groups excluding carboxylic acids is 1. The molecule has 0 spiro atoms. The molecule has 0 aliphatic heterocycles. The van der Waals surface area contributed by atoms with E-state index in [9.17, 15) is 9.59 Å². The minimum absolute atomic E-state index is 0.0495. The smallest absolute Gasteiger partial charge is 0.304 e. The van der Waals surface area contributed by atoms with Crippen LogP contribution in [0.1, 0.15) is 24.0 Å². The number of thioether (sulfide) groups is 1. The molecular formula is C20H23NO4S. The predicted octanol–water partition coefficient (Wildman–Crippen LogP) is 3.97. The van der Waals surface area contributed by atoms with Crippen molar-refractivity contribution in [2.24, 2.45) is 0 Å². The number of rotatable bonds is 10. The number of carboxylic acid groups (broad SMARTS) is 1. The molecule has 0 aromatic heterocycles. The van der Waals surface area contributed by atoms with Crippen molar-refractivity contribution >= 4 is 29.3 Å².